The lowest BCUT2D eigenvalue weighted by atomic mass is 10.2. The van der Waals surface area contributed by atoms with Crippen LogP contribution in [-0.2, 0) is 0 Å². The molecule has 10 heavy (non-hydrogen) atoms. The van der Waals surface area contributed by atoms with Gasteiger partial charge in [0.1, 0.15) is 5.01 Å². The maximum absolute atomic E-state index is 8.39. The van der Waals surface area contributed by atoms with Crippen LogP contribution >= 0.6 is 11.3 Å². The zero-order chi connectivity index (χ0) is 7.40. The van der Waals surface area contributed by atoms with E-state index in [9.17, 15) is 0 Å². The summed E-state index contributed by atoms with van der Waals surface area (Å²) in [6.45, 7) is 0. The van der Waals surface area contributed by atoms with Crippen molar-refractivity contribution in [1.82, 2.24) is 4.98 Å². The standard InChI is InChI=1S/C6H3N3S/c7-3-5(4-8)6-9-1-2-10-6/h1-2,5H. The van der Waals surface area contributed by atoms with Crippen molar-refractivity contribution in [1.29, 1.82) is 10.5 Å². The molecular weight excluding hydrogens is 146 g/mol. The molecule has 0 saturated heterocycles. The van der Waals surface area contributed by atoms with Crippen LogP contribution in [0.15, 0.2) is 11.6 Å². The molecular formula is C6H3N3S. The van der Waals surface area contributed by atoms with E-state index in [4.69, 9.17) is 10.5 Å². The summed E-state index contributed by atoms with van der Waals surface area (Å²) in [4.78, 5) is 3.83. The number of nitriles is 2. The van der Waals surface area contributed by atoms with Crippen LogP contribution in [0.1, 0.15) is 10.9 Å². The van der Waals surface area contributed by atoms with E-state index < -0.39 is 5.92 Å². The lowest BCUT2D eigenvalue weighted by molar-refractivity contribution is 1.07. The fraction of sp³-hybridized carbons (Fsp3) is 0.167. The van der Waals surface area contributed by atoms with E-state index in [-0.39, 0.29) is 0 Å². The highest BCUT2D eigenvalue weighted by Crippen LogP contribution is 2.15. The van der Waals surface area contributed by atoms with Gasteiger partial charge in [0.25, 0.3) is 0 Å². The molecule has 0 aliphatic carbocycles. The Hall–Kier alpha value is -1.39. The summed E-state index contributed by atoms with van der Waals surface area (Å²) in [6.07, 6.45) is 1.58. The molecule has 4 heteroatoms. The molecule has 0 bridgehead atoms. The third-order valence-electron chi connectivity index (χ3n) is 0.957. The summed E-state index contributed by atoms with van der Waals surface area (Å²) in [6, 6.07) is 3.68. The molecule has 0 unspecified atom stereocenters. The highest BCUT2D eigenvalue weighted by molar-refractivity contribution is 7.09. The molecule has 0 radical (unpaired) electrons. The van der Waals surface area contributed by atoms with Gasteiger partial charge in [-0.3, -0.25) is 0 Å². The van der Waals surface area contributed by atoms with Crippen LogP contribution in [0.25, 0.3) is 0 Å². The van der Waals surface area contributed by atoms with Crippen molar-refractivity contribution in [3.8, 4) is 12.1 Å². The number of nitrogens with zero attached hydrogens (tertiary/aromatic N) is 3. The minimum atomic E-state index is -0.694. The highest BCUT2D eigenvalue weighted by atomic mass is 32.1. The van der Waals surface area contributed by atoms with E-state index in [1.807, 2.05) is 12.1 Å². The van der Waals surface area contributed by atoms with Gasteiger partial charge >= 0.3 is 0 Å². The maximum atomic E-state index is 8.39. The summed E-state index contributed by atoms with van der Waals surface area (Å²) in [5.41, 5.74) is 0. The number of aromatic nitrogens is 1. The molecule has 0 saturated carbocycles. The average Bonchev–Trinajstić information content (AvgIpc) is 2.43. The Morgan fingerprint density at radius 3 is 2.60 bits per heavy atom. The zero-order valence-corrected chi connectivity index (χ0v) is 5.80. The molecule has 0 aliphatic heterocycles. The van der Waals surface area contributed by atoms with E-state index >= 15 is 0 Å². The van der Waals surface area contributed by atoms with Gasteiger partial charge in [-0.25, -0.2) is 4.98 Å². The molecule has 0 atom stereocenters. The summed E-state index contributed by atoms with van der Waals surface area (Å²) in [5, 5.41) is 19.1. The zero-order valence-electron chi connectivity index (χ0n) is 4.98. The topological polar surface area (TPSA) is 60.5 Å². The quantitative estimate of drug-likeness (QED) is 0.604. The van der Waals surface area contributed by atoms with Crippen molar-refractivity contribution >= 4 is 11.3 Å². The van der Waals surface area contributed by atoms with Gasteiger partial charge in [-0.15, -0.1) is 11.3 Å². The second-order valence-corrected chi connectivity index (χ2v) is 2.49. The van der Waals surface area contributed by atoms with Gasteiger partial charge < -0.3 is 0 Å². The van der Waals surface area contributed by atoms with Crippen LogP contribution in [0.4, 0.5) is 0 Å². The number of hydrogen-bond donors (Lipinski definition) is 0. The van der Waals surface area contributed by atoms with E-state index in [2.05, 4.69) is 4.98 Å². The first-order chi connectivity index (χ1) is 4.88. The minimum absolute atomic E-state index is 0.574. The van der Waals surface area contributed by atoms with Gasteiger partial charge in [0.15, 0.2) is 5.92 Å². The molecule has 0 fully saturated rings. The predicted molar refractivity (Wildman–Crippen MR) is 36.1 cm³/mol. The van der Waals surface area contributed by atoms with E-state index in [1.165, 1.54) is 11.3 Å². The van der Waals surface area contributed by atoms with Crippen molar-refractivity contribution in [2.75, 3.05) is 0 Å². The third-order valence-corrected chi connectivity index (χ3v) is 1.80. The number of hydrogen-bond acceptors (Lipinski definition) is 4. The minimum Gasteiger partial charge on any atom is -0.247 e. The maximum Gasteiger partial charge on any atom is 0.184 e. The van der Waals surface area contributed by atoms with Crippen molar-refractivity contribution in [3.05, 3.63) is 16.6 Å². The van der Waals surface area contributed by atoms with Gasteiger partial charge in [0.2, 0.25) is 0 Å². The average molecular weight is 149 g/mol. The molecule has 1 aromatic rings. The van der Waals surface area contributed by atoms with Crippen LogP contribution in [0.3, 0.4) is 0 Å². The Bertz CT molecular complexity index is 263. The van der Waals surface area contributed by atoms with Gasteiger partial charge in [-0.1, -0.05) is 0 Å². The predicted octanol–water partition coefficient (Wildman–Crippen LogP) is 1.27. The van der Waals surface area contributed by atoms with E-state index in [0.717, 1.165) is 0 Å². The fourth-order valence-electron chi connectivity index (χ4n) is 0.516. The first-order valence-corrected chi connectivity index (χ1v) is 3.45. The second-order valence-electron chi connectivity index (χ2n) is 1.56. The number of rotatable bonds is 1. The molecule has 0 amide bonds. The van der Waals surface area contributed by atoms with Crippen molar-refractivity contribution in [2.45, 2.75) is 5.92 Å². The van der Waals surface area contributed by atoms with E-state index in [0.29, 0.717) is 5.01 Å². The van der Waals surface area contributed by atoms with Crippen LogP contribution in [0.5, 0.6) is 0 Å². The summed E-state index contributed by atoms with van der Waals surface area (Å²) in [7, 11) is 0. The Kier molecular flexibility index (Phi) is 1.99. The smallest absolute Gasteiger partial charge is 0.184 e. The molecule has 1 rings (SSSR count). The van der Waals surface area contributed by atoms with Crippen molar-refractivity contribution in [2.24, 2.45) is 0 Å². The molecule has 3 nitrogen and oxygen atoms in total. The molecule has 0 aromatic carbocycles. The van der Waals surface area contributed by atoms with Gasteiger partial charge in [-0.2, -0.15) is 10.5 Å². The van der Waals surface area contributed by atoms with Gasteiger partial charge in [-0.05, 0) is 0 Å². The SMILES string of the molecule is N#CC(C#N)c1nccs1. The lowest BCUT2D eigenvalue weighted by Gasteiger charge is -1.88. The summed E-state index contributed by atoms with van der Waals surface area (Å²) < 4.78 is 0. The molecule has 0 aliphatic rings. The van der Waals surface area contributed by atoms with Crippen LogP contribution in [-0.4, -0.2) is 4.98 Å². The molecule has 1 heterocycles. The normalized spacial score (nSPS) is 8.70. The van der Waals surface area contributed by atoms with Crippen LogP contribution in [0.2, 0.25) is 0 Å². The Labute approximate surface area is 62.2 Å². The highest BCUT2D eigenvalue weighted by Gasteiger charge is 2.10. The molecule has 0 N–H and O–H groups in total. The van der Waals surface area contributed by atoms with Gasteiger partial charge in [0, 0.05) is 11.6 Å². The first kappa shape index (κ1) is 6.73. The first-order valence-electron chi connectivity index (χ1n) is 2.57. The summed E-state index contributed by atoms with van der Waals surface area (Å²) in [5.74, 6) is -0.694. The van der Waals surface area contributed by atoms with Crippen LogP contribution < -0.4 is 0 Å². The van der Waals surface area contributed by atoms with Crippen LogP contribution in [0, 0.1) is 22.7 Å². The Morgan fingerprint density at radius 2 is 2.20 bits per heavy atom. The molecule has 1 aromatic heterocycles. The van der Waals surface area contributed by atoms with Gasteiger partial charge in [0.05, 0.1) is 12.1 Å². The molecule has 0 spiro atoms. The molecule has 48 valence electrons. The monoisotopic (exact) mass is 149 g/mol. The summed E-state index contributed by atoms with van der Waals surface area (Å²) >= 11 is 1.32. The Morgan fingerprint density at radius 1 is 1.50 bits per heavy atom. The largest absolute Gasteiger partial charge is 0.247 e. The fourth-order valence-corrected chi connectivity index (χ4v) is 1.14. The van der Waals surface area contributed by atoms with Crippen molar-refractivity contribution < 1.29 is 0 Å². The van der Waals surface area contributed by atoms with E-state index in [1.54, 1.807) is 11.6 Å². The third kappa shape index (κ3) is 1.12. The second kappa shape index (κ2) is 2.95. The van der Waals surface area contributed by atoms with Crippen molar-refractivity contribution in [3.63, 3.8) is 0 Å². The Balaban J connectivity index is 2.89. The lowest BCUT2D eigenvalue weighted by Crippen LogP contribution is -1.88. The number of thiazole rings is 1.